The molecule has 1 heterocycles. The van der Waals surface area contributed by atoms with Gasteiger partial charge in [0.05, 0.1) is 0 Å². The summed E-state index contributed by atoms with van der Waals surface area (Å²) in [6.07, 6.45) is 0.546. The van der Waals surface area contributed by atoms with Crippen LogP contribution >= 0.6 is 0 Å². The minimum atomic E-state index is -0.870. The third-order valence-electron chi connectivity index (χ3n) is 1.77. The average Bonchev–Trinajstić information content (AvgIpc) is 1.99. The molecule has 0 spiro atoms. The van der Waals surface area contributed by atoms with Crippen LogP contribution in [0.4, 0.5) is 0 Å². The Bertz CT molecular complexity index is 260. The van der Waals surface area contributed by atoms with Crippen LogP contribution in [-0.4, -0.2) is 23.8 Å². The van der Waals surface area contributed by atoms with Crippen molar-refractivity contribution in [1.29, 1.82) is 0 Å². The zero-order valence-electron chi connectivity index (χ0n) is 7.59. The van der Waals surface area contributed by atoms with Gasteiger partial charge < -0.3 is 5.32 Å². The zero-order valence-corrected chi connectivity index (χ0v) is 7.59. The molecule has 13 heavy (non-hydrogen) atoms. The summed E-state index contributed by atoms with van der Waals surface area (Å²) in [5, 5.41) is 4.34. The van der Waals surface area contributed by atoms with Crippen molar-refractivity contribution in [1.82, 2.24) is 10.6 Å². The Morgan fingerprint density at radius 1 is 1.23 bits per heavy atom. The van der Waals surface area contributed by atoms with Gasteiger partial charge in [0.15, 0.2) is 0 Å². The fourth-order valence-electron chi connectivity index (χ4n) is 1.18. The molecule has 5 heteroatoms. The van der Waals surface area contributed by atoms with E-state index in [2.05, 4.69) is 5.32 Å². The minimum Gasteiger partial charge on any atom is -0.336 e. The van der Waals surface area contributed by atoms with Crippen molar-refractivity contribution in [2.75, 3.05) is 0 Å². The number of hydrogen-bond donors (Lipinski definition) is 2. The number of imide groups is 1. The highest BCUT2D eigenvalue weighted by Crippen LogP contribution is 2.06. The number of nitrogens with one attached hydrogen (secondary N) is 2. The molecule has 1 aliphatic rings. The summed E-state index contributed by atoms with van der Waals surface area (Å²) in [6, 6.07) is -0.565. The van der Waals surface area contributed by atoms with E-state index in [0.717, 1.165) is 0 Å². The predicted octanol–water partition coefficient (Wildman–Crippen LogP) is -0.826. The smallest absolute Gasteiger partial charge is 0.315 e. The Morgan fingerprint density at radius 2 is 1.85 bits per heavy atom. The Labute approximate surface area is 75.9 Å². The van der Waals surface area contributed by atoms with Crippen LogP contribution in [0.3, 0.4) is 0 Å². The summed E-state index contributed by atoms with van der Waals surface area (Å²) in [5.74, 6) is -1.72. The normalized spacial score (nSPS) is 23.0. The first kappa shape index (κ1) is 9.70. The molecule has 0 aromatic heterocycles. The fraction of sp³-hybridized carbons (Fsp3) is 0.625. The first-order chi connectivity index (χ1) is 6.00. The van der Waals surface area contributed by atoms with Crippen molar-refractivity contribution in [2.45, 2.75) is 26.3 Å². The fourth-order valence-corrected chi connectivity index (χ4v) is 1.18. The van der Waals surface area contributed by atoms with E-state index in [4.69, 9.17) is 0 Å². The van der Waals surface area contributed by atoms with Gasteiger partial charge in [-0.1, -0.05) is 13.8 Å². The van der Waals surface area contributed by atoms with E-state index in [9.17, 15) is 14.4 Å². The second-order valence-corrected chi connectivity index (χ2v) is 3.47. The topological polar surface area (TPSA) is 75.3 Å². The molecule has 1 atom stereocenters. The van der Waals surface area contributed by atoms with Crippen LogP contribution in [0.15, 0.2) is 0 Å². The quantitative estimate of drug-likeness (QED) is 0.434. The number of carbonyl (C=O) groups is 3. The van der Waals surface area contributed by atoms with Gasteiger partial charge >= 0.3 is 11.8 Å². The van der Waals surface area contributed by atoms with Crippen LogP contribution in [0.1, 0.15) is 20.3 Å². The lowest BCUT2D eigenvalue weighted by atomic mass is 10.0. The maximum atomic E-state index is 11.1. The summed E-state index contributed by atoms with van der Waals surface area (Å²) in [6.45, 7) is 3.88. The zero-order chi connectivity index (χ0) is 10.0. The van der Waals surface area contributed by atoms with Crippen LogP contribution in [0.2, 0.25) is 0 Å². The first-order valence-corrected chi connectivity index (χ1v) is 4.16. The van der Waals surface area contributed by atoms with Gasteiger partial charge in [0.25, 0.3) is 0 Å². The van der Waals surface area contributed by atoms with Crippen molar-refractivity contribution < 1.29 is 14.4 Å². The first-order valence-electron chi connectivity index (χ1n) is 4.16. The lowest BCUT2D eigenvalue weighted by molar-refractivity contribution is -0.147. The van der Waals surface area contributed by atoms with Crippen molar-refractivity contribution in [2.24, 2.45) is 5.92 Å². The standard InChI is InChI=1S/C8H12N2O3/c1-4(2)3-5-6(11)10-8(13)7(12)9-5/h4-5H,3H2,1-2H3,(H,9,12)(H,10,11,13). The number of hydrogen-bond acceptors (Lipinski definition) is 3. The van der Waals surface area contributed by atoms with Crippen LogP contribution in [0.25, 0.3) is 0 Å². The minimum absolute atomic E-state index is 0.296. The van der Waals surface area contributed by atoms with Gasteiger partial charge in [0.2, 0.25) is 5.91 Å². The second kappa shape index (κ2) is 3.55. The van der Waals surface area contributed by atoms with Crippen molar-refractivity contribution in [3.63, 3.8) is 0 Å². The van der Waals surface area contributed by atoms with Gasteiger partial charge in [-0.2, -0.15) is 0 Å². The number of rotatable bonds is 2. The van der Waals surface area contributed by atoms with Crippen molar-refractivity contribution >= 4 is 17.7 Å². The van der Waals surface area contributed by atoms with Gasteiger partial charge in [-0.05, 0) is 12.3 Å². The molecule has 2 N–H and O–H groups in total. The van der Waals surface area contributed by atoms with E-state index < -0.39 is 23.8 Å². The molecule has 0 aromatic rings. The Morgan fingerprint density at radius 3 is 2.38 bits per heavy atom. The lowest BCUT2D eigenvalue weighted by Crippen LogP contribution is -2.59. The summed E-state index contributed by atoms with van der Waals surface area (Å²) in [7, 11) is 0. The number of amides is 3. The average molecular weight is 184 g/mol. The maximum Gasteiger partial charge on any atom is 0.315 e. The van der Waals surface area contributed by atoms with Gasteiger partial charge in [0.1, 0.15) is 6.04 Å². The predicted molar refractivity (Wildman–Crippen MR) is 44.5 cm³/mol. The molecule has 1 saturated heterocycles. The van der Waals surface area contributed by atoms with Gasteiger partial charge in [-0.15, -0.1) is 0 Å². The molecule has 1 aliphatic heterocycles. The van der Waals surface area contributed by atoms with E-state index in [1.54, 1.807) is 0 Å². The van der Waals surface area contributed by atoms with Gasteiger partial charge in [0, 0.05) is 0 Å². The summed E-state index contributed by atoms with van der Waals surface area (Å²) >= 11 is 0. The van der Waals surface area contributed by atoms with Crippen molar-refractivity contribution in [3.8, 4) is 0 Å². The molecule has 3 amide bonds. The van der Waals surface area contributed by atoms with E-state index >= 15 is 0 Å². The molecule has 0 aliphatic carbocycles. The number of carbonyl (C=O) groups excluding carboxylic acids is 3. The molecule has 0 radical (unpaired) electrons. The second-order valence-electron chi connectivity index (χ2n) is 3.47. The highest BCUT2D eigenvalue weighted by molar-refractivity contribution is 6.40. The van der Waals surface area contributed by atoms with Crippen LogP contribution in [0.5, 0.6) is 0 Å². The van der Waals surface area contributed by atoms with E-state index in [1.807, 2.05) is 19.2 Å². The maximum absolute atomic E-state index is 11.1. The molecular formula is C8H12N2O3. The van der Waals surface area contributed by atoms with Gasteiger partial charge in [-0.25, -0.2) is 0 Å². The molecule has 0 saturated carbocycles. The Kier molecular flexibility index (Phi) is 2.65. The van der Waals surface area contributed by atoms with Crippen LogP contribution in [0, 0.1) is 5.92 Å². The summed E-state index contributed by atoms with van der Waals surface area (Å²) in [5.41, 5.74) is 0. The summed E-state index contributed by atoms with van der Waals surface area (Å²) < 4.78 is 0. The molecule has 72 valence electrons. The largest absolute Gasteiger partial charge is 0.336 e. The molecule has 1 unspecified atom stereocenters. The van der Waals surface area contributed by atoms with Crippen LogP contribution < -0.4 is 10.6 Å². The molecule has 0 aromatic carbocycles. The Balaban J connectivity index is 2.61. The third kappa shape index (κ3) is 2.27. The van der Waals surface area contributed by atoms with Crippen molar-refractivity contribution in [3.05, 3.63) is 0 Å². The molecule has 5 nitrogen and oxygen atoms in total. The highest BCUT2D eigenvalue weighted by atomic mass is 16.2. The SMILES string of the molecule is CC(C)CC1NC(=O)C(=O)NC1=O. The lowest BCUT2D eigenvalue weighted by Gasteiger charge is -2.22. The van der Waals surface area contributed by atoms with Crippen LogP contribution in [-0.2, 0) is 14.4 Å². The Hall–Kier alpha value is -1.39. The monoisotopic (exact) mass is 184 g/mol. The highest BCUT2D eigenvalue weighted by Gasteiger charge is 2.32. The van der Waals surface area contributed by atoms with E-state index in [1.165, 1.54) is 0 Å². The molecule has 1 rings (SSSR count). The van der Waals surface area contributed by atoms with E-state index in [-0.39, 0.29) is 0 Å². The third-order valence-corrected chi connectivity index (χ3v) is 1.77. The summed E-state index contributed by atoms with van der Waals surface area (Å²) in [4.78, 5) is 32.7. The molecule has 1 fully saturated rings. The molecular weight excluding hydrogens is 172 g/mol. The number of piperazine rings is 1. The van der Waals surface area contributed by atoms with Gasteiger partial charge in [-0.3, -0.25) is 19.7 Å². The van der Waals surface area contributed by atoms with E-state index in [0.29, 0.717) is 12.3 Å². The molecule has 0 bridgehead atoms.